The Labute approximate surface area is 143 Å². The molecule has 0 bridgehead atoms. The summed E-state index contributed by atoms with van der Waals surface area (Å²) in [5.74, 6) is -0.241. The van der Waals surface area contributed by atoms with Crippen molar-refractivity contribution >= 4 is 51.8 Å². The van der Waals surface area contributed by atoms with Crippen LogP contribution in [0.2, 0.25) is 10.0 Å². The molecule has 1 aromatic rings. The highest BCUT2D eigenvalue weighted by molar-refractivity contribution is 8.93. The quantitative estimate of drug-likeness (QED) is 0.628. The van der Waals surface area contributed by atoms with E-state index in [2.05, 4.69) is 5.43 Å². The molecule has 1 unspecified atom stereocenters. The number of nitrogens with one attached hydrogen (secondary N) is 1. The Morgan fingerprint density at radius 1 is 1.48 bits per heavy atom. The second-order valence-corrected chi connectivity index (χ2v) is 5.96. The molecule has 1 fully saturated rings. The van der Waals surface area contributed by atoms with Gasteiger partial charge in [0.25, 0.3) is 0 Å². The predicted molar refractivity (Wildman–Crippen MR) is 87.8 cm³/mol. The summed E-state index contributed by atoms with van der Waals surface area (Å²) in [6.45, 7) is 4.45. The van der Waals surface area contributed by atoms with Crippen LogP contribution < -0.4 is 10.4 Å². The number of carbonyl (C=O) groups is 1. The van der Waals surface area contributed by atoms with Crippen molar-refractivity contribution in [3.8, 4) is 0 Å². The molecule has 0 spiro atoms. The number of rotatable bonds is 3. The molecule has 1 atom stereocenters. The fourth-order valence-corrected chi connectivity index (χ4v) is 2.79. The first-order valence-electron chi connectivity index (χ1n) is 6.43. The molecule has 1 aromatic carbocycles. The lowest BCUT2D eigenvalue weighted by Gasteiger charge is -2.27. The number of hydrogen-bond acceptors (Lipinski definition) is 5. The van der Waals surface area contributed by atoms with Gasteiger partial charge in [0.15, 0.2) is 6.29 Å². The van der Waals surface area contributed by atoms with Gasteiger partial charge in [-0.1, -0.05) is 23.2 Å². The molecule has 2 aliphatic rings. The molecule has 5 nitrogen and oxygen atoms in total. The number of anilines is 1. The van der Waals surface area contributed by atoms with Gasteiger partial charge in [-0.15, -0.1) is 17.0 Å². The zero-order valence-electron chi connectivity index (χ0n) is 11.6. The molecule has 1 saturated heterocycles. The maximum atomic E-state index is 11.8. The Kier molecular flexibility index (Phi) is 5.05. The molecule has 2 aliphatic heterocycles. The van der Waals surface area contributed by atoms with Crippen molar-refractivity contribution in [1.82, 2.24) is 10.3 Å². The van der Waals surface area contributed by atoms with E-state index in [-0.39, 0.29) is 41.9 Å². The summed E-state index contributed by atoms with van der Waals surface area (Å²) in [7, 11) is 0. The highest BCUT2D eigenvalue weighted by atomic mass is 79.9. The lowest BCUT2D eigenvalue weighted by atomic mass is 10.1. The third kappa shape index (κ3) is 3.29. The highest BCUT2D eigenvalue weighted by Gasteiger charge is 2.45. The van der Waals surface area contributed by atoms with Gasteiger partial charge in [0.1, 0.15) is 0 Å². The van der Waals surface area contributed by atoms with Crippen molar-refractivity contribution in [2.24, 2.45) is 0 Å². The van der Waals surface area contributed by atoms with Gasteiger partial charge in [0.05, 0.1) is 28.4 Å². The van der Waals surface area contributed by atoms with Crippen molar-refractivity contribution in [1.29, 1.82) is 0 Å². The van der Waals surface area contributed by atoms with Crippen LogP contribution in [0.1, 0.15) is 19.4 Å². The topological polar surface area (TPSA) is 54.5 Å². The SMILES string of the molecule is Br.CC(C)OC(=O)CN1Cc2c(ccc(Cl)c2Cl)N2NC12. The first-order valence-corrected chi connectivity index (χ1v) is 7.19. The minimum Gasteiger partial charge on any atom is -0.462 e. The second kappa shape index (κ2) is 6.30. The van der Waals surface area contributed by atoms with E-state index in [1.807, 2.05) is 29.8 Å². The first-order chi connectivity index (χ1) is 9.47. The van der Waals surface area contributed by atoms with Crippen molar-refractivity contribution in [2.45, 2.75) is 32.8 Å². The van der Waals surface area contributed by atoms with Gasteiger partial charge in [-0.25, -0.2) is 0 Å². The van der Waals surface area contributed by atoms with Crippen molar-refractivity contribution in [2.75, 3.05) is 11.6 Å². The zero-order chi connectivity index (χ0) is 14.4. The number of hydrogen-bond donors (Lipinski definition) is 1. The van der Waals surface area contributed by atoms with E-state index < -0.39 is 0 Å². The Balaban J connectivity index is 0.00000161. The molecule has 0 radical (unpaired) electrons. The fourth-order valence-electron chi connectivity index (χ4n) is 2.39. The summed E-state index contributed by atoms with van der Waals surface area (Å²) in [6.07, 6.45) is -0.0830. The van der Waals surface area contributed by atoms with E-state index in [0.717, 1.165) is 11.3 Å². The van der Waals surface area contributed by atoms with Gasteiger partial charge in [-0.3, -0.25) is 14.7 Å². The van der Waals surface area contributed by atoms with Crippen molar-refractivity contribution in [3.05, 3.63) is 27.7 Å². The molecule has 3 rings (SSSR count). The van der Waals surface area contributed by atoms with E-state index in [9.17, 15) is 4.79 Å². The van der Waals surface area contributed by atoms with E-state index in [0.29, 0.717) is 16.6 Å². The Morgan fingerprint density at radius 3 is 2.86 bits per heavy atom. The minimum atomic E-state index is -0.241. The summed E-state index contributed by atoms with van der Waals surface area (Å²) in [4.78, 5) is 13.7. The molecule has 0 aromatic heterocycles. The third-order valence-corrected chi connectivity index (χ3v) is 4.11. The molecule has 2 heterocycles. The van der Waals surface area contributed by atoms with Crippen molar-refractivity contribution in [3.63, 3.8) is 0 Å². The number of halogens is 3. The summed E-state index contributed by atoms with van der Waals surface area (Å²) in [6, 6.07) is 3.71. The smallest absolute Gasteiger partial charge is 0.320 e. The first kappa shape index (κ1) is 16.8. The zero-order valence-corrected chi connectivity index (χ0v) is 14.8. The molecule has 1 N–H and O–H groups in total. The van der Waals surface area contributed by atoms with E-state index in [1.54, 1.807) is 6.07 Å². The molecular formula is C13H16BrCl2N3O2. The Bertz CT molecular complexity index is 571. The summed E-state index contributed by atoms with van der Waals surface area (Å²) in [5.41, 5.74) is 5.13. The van der Waals surface area contributed by atoms with Crippen LogP contribution in [0.4, 0.5) is 5.69 Å². The molecular weight excluding hydrogens is 381 g/mol. The number of nitrogens with zero attached hydrogens (tertiary/aromatic N) is 2. The van der Waals surface area contributed by atoms with E-state index >= 15 is 0 Å². The Hall–Kier alpha value is -0.530. The van der Waals surface area contributed by atoms with Gasteiger partial charge in [0, 0.05) is 12.1 Å². The standard InChI is InChI=1S/C13H15Cl2N3O2.BrH/c1-7(2)20-11(19)6-17-5-8-10(18-13(17)16-18)4-3-9(14)12(8)15;/h3-4,7,13,16H,5-6H2,1-2H3;1H. The number of hydrazine groups is 1. The van der Waals surface area contributed by atoms with Crippen LogP contribution in [0.5, 0.6) is 0 Å². The Morgan fingerprint density at radius 2 is 2.19 bits per heavy atom. The van der Waals surface area contributed by atoms with Crippen LogP contribution >= 0.6 is 40.2 Å². The predicted octanol–water partition coefficient (Wildman–Crippen LogP) is 2.95. The van der Waals surface area contributed by atoms with Crippen LogP contribution in [0, 0.1) is 0 Å². The maximum Gasteiger partial charge on any atom is 0.320 e. The van der Waals surface area contributed by atoms with Crippen molar-refractivity contribution < 1.29 is 9.53 Å². The van der Waals surface area contributed by atoms with Crippen LogP contribution in [0.25, 0.3) is 0 Å². The highest BCUT2D eigenvalue weighted by Crippen LogP contribution is 2.41. The number of esters is 1. The molecule has 0 saturated carbocycles. The second-order valence-electron chi connectivity index (χ2n) is 5.18. The summed E-state index contributed by atoms with van der Waals surface area (Å²) in [5, 5.41) is 3.03. The van der Waals surface area contributed by atoms with Crippen LogP contribution in [0.15, 0.2) is 12.1 Å². The average molecular weight is 397 g/mol. The van der Waals surface area contributed by atoms with Crippen LogP contribution in [0.3, 0.4) is 0 Å². The number of carbonyl (C=O) groups excluding carboxylic acids is 1. The number of ether oxygens (including phenoxy) is 1. The molecule has 0 aliphatic carbocycles. The lowest BCUT2D eigenvalue weighted by molar-refractivity contribution is -0.149. The largest absolute Gasteiger partial charge is 0.462 e. The molecule has 8 heteroatoms. The maximum absolute atomic E-state index is 11.8. The average Bonchev–Trinajstić information content (AvgIpc) is 3.14. The van der Waals surface area contributed by atoms with Gasteiger partial charge >= 0.3 is 5.97 Å². The van der Waals surface area contributed by atoms with Gasteiger partial charge in [-0.2, -0.15) is 5.43 Å². The molecule has 21 heavy (non-hydrogen) atoms. The van der Waals surface area contributed by atoms with Gasteiger partial charge in [0.2, 0.25) is 0 Å². The number of fused-ring (bicyclic) bond motifs is 3. The fraction of sp³-hybridized carbons (Fsp3) is 0.462. The monoisotopic (exact) mass is 395 g/mol. The lowest BCUT2D eigenvalue weighted by Crippen LogP contribution is -2.38. The third-order valence-electron chi connectivity index (χ3n) is 3.27. The van der Waals surface area contributed by atoms with E-state index in [1.165, 1.54) is 0 Å². The normalized spacial score (nSPS) is 19.7. The van der Waals surface area contributed by atoms with Gasteiger partial charge in [-0.05, 0) is 26.0 Å². The van der Waals surface area contributed by atoms with Crippen LogP contribution in [-0.2, 0) is 16.1 Å². The molecule has 116 valence electrons. The van der Waals surface area contributed by atoms with Crippen LogP contribution in [-0.4, -0.2) is 29.8 Å². The summed E-state index contributed by atoms with van der Waals surface area (Å²) < 4.78 is 5.18. The number of benzene rings is 1. The van der Waals surface area contributed by atoms with E-state index in [4.69, 9.17) is 27.9 Å². The summed E-state index contributed by atoms with van der Waals surface area (Å²) >= 11 is 12.3. The van der Waals surface area contributed by atoms with Gasteiger partial charge < -0.3 is 4.74 Å². The molecule has 0 amide bonds. The minimum absolute atomic E-state index is 0.